The predicted octanol–water partition coefficient (Wildman–Crippen LogP) is 3.68. The summed E-state index contributed by atoms with van der Waals surface area (Å²) in [5, 5.41) is 10.3. The van der Waals surface area contributed by atoms with Crippen LogP contribution in [0.3, 0.4) is 0 Å². The number of hydrogen-bond donors (Lipinski definition) is 1. The molecule has 0 radical (unpaired) electrons. The van der Waals surface area contributed by atoms with E-state index in [0.717, 1.165) is 11.8 Å². The van der Waals surface area contributed by atoms with Crippen LogP contribution in [-0.4, -0.2) is 16.5 Å². The molecule has 3 nitrogen and oxygen atoms in total. The minimum absolute atomic E-state index is 0.311. The van der Waals surface area contributed by atoms with E-state index in [9.17, 15) is 18.3 Å². The van der Waals surface area contributed by atoms with Gasteiger partial charge in [-0.05, 0) is 37.6 Å². The highest BCUT2D eigenvalue weighted by Gasteiger charge is 2.31. The minimum Gasteiger partial charge on any atom is -0.406 e. The van der Waals surface area contributed by atoms with Crippen molar-refractivity contribution >= 4 is 0 Å². The normalized spacial score (nSPS) is 13.0. The van der Waals surface area contributed by atoms with E-state index in [1.54, 1.807) is 19.1 Å². The Morgan fingerprint density at radius 1 is 1.14 bits per heavy atom. The number of benzene rings is 1. The maximum absolute atomic E-state index is 12.2. The first kappa shape index (κ1) is 15.3. The van der Waals surface area contributed by atoms with Crippen LogP contribution in [-0.2, 0) is 0 Å². The van der Waals surface area contributed by atoms with Crippen molar-refractivity contribution < 1.29 is 23.0 Å². The first-order valence-electron chi connectivity index (χ1n) is 6.24. The van der Waals surface area contributed by atoms with E-state index in [1.807, 2.05) is 6.92 Å². The highest BCUT2D eigenvalue weighted by molar-refractivity contribution is 5.37. The lowest BCUT2D eigenvalue weighted by molar-refractivity contribution is -0.274. The Bertz CT molecular complexity index is 641. The Kier molecular flexibility index (Phi) is 4.18. The van der Waals surface area contributed by atoms with Gasteiger partial charge >= 0.3 is 6.36 Å². The Morgan fingerprint density at radius 3 is 2.48 bits per heavy atom. The van der Waals surface area contributed by atoms with Gasteiger partial charge in [-0.2, -0.15) is 0 Å². The molecule has 0 fully saturated rings. The summed E-state index contributed by atoms with van der Waals surface area (Å²) in [5.41, 5.74) is 2.29. The molecule has 2 rings (SSSR count). The van der Waals surface area contributed by atoms with Crippen LogP contribution >= 0.6 is 0 Å². The summed E-state index contributed by atoms with van der Waals surface area (Å²) in [6.45, 7) is 3.56. The third kappa shape index (κ3) is 3.95. The average Bonchev–Trinajstić information content (AvgIpc) is 2.36. The van der Waals surface area contributed by atoms with Crippen LogP contribution in [0.15, 0.2) is 36.4 Å². The number of aryl methyl sites for hydroxylation is 2. The molecule has 0 aliphatic heterocycles. The summed E-state index contributed by atoms with van der Waals surface area (Å²) in [7, 11) is 0. The predicted molar refractivity (Wildman–Crippen MR) is 70.9 cm³/mol. The smallest absolute Gasteiger partial charge is 0.406 e. The quantitative estimate of drug-likeness (QED) is 0.939. The second-order valence-electron chi connectivity index (χ2n) is 4.65. The minimum atomic E-state index is -4.76. The van der Waals surface area contributed by atoms with Crippen molar-refractivity contribution in [1.82, 2.24) is 4.98 Å². The third-order valence-corrected chi connectivity index (χ3v) is 2.97. The second kappa shape index (κ2) is 5.73. The number of nitrogens with zero attached hydrogens (tertiary/aromatic N) is 1. The first-order valence-corrected chi connectivity index (χ1v) is 6.24. The highest BCUT2D eigenvalue weighted by atomic mass is 19.4. The van der Waals surface area contributed by atoms with Gasteiger partial charge in [-0.25, -0.2) is 0 Å². The van der Waals surface area contributed by atoms with Gasteiger partial charge in [0.05, 0.1) is 0 Å². The fourth-order valence-electron chi connectivity index (χ4n) is 2.05. The van der Waals surface area contributed by atoms with Gasteiger partial charge in [0.2, 0.25) is 0 Å². The number of alkyl halides is 3. The fourth-order valence-corrected chi connectivity index (χ4v) is 2.05. The Morgan fingerprint density at radius 2 is 1.86 bits per heavy atom. The zero-order chi connectivity index (χ0) is 15.6. The molecule has 0 amide bonds. The van der Waals surface area contributed by atoms with Crippen molar-refractivity contribution in [2.24, 2.45) is 0 Å². The Hall–Kier alpha value is -2.08. The summed E-state index contributed by atoms with van der Waals surface area (Å²) in [4.78, 5) is 4.23. The zero-order valence-electron chi connectivity index (χ0n) is 11.5. The molecule has 0 aliphatic carbocycles. The van der Waals surface area contributed by atoms with E-state index in [0.29, 0.717) is 16.8 Å². The monoisotopic (exact) mass is 297 g/mol. The van der Waals surface area contributed by atoms with Crippen LogP contribution < -0.4 is 4.74 Å². The molecule has 2 aromatic rings. The van der Waals surface area contributed by atoms with E-state index in [1.165, 1.54) is 18.2 Å². The van der Waals surface area contributed by atoms with Crippen LogP contribution in [0.25, 0.3) is 0 Å². The van der Waals surface area contributed by atoms with Crippen molar-refractivity contribution in [1.29, 1.82) is 0 Å². The molecular formula is C15H14F3NO2. The van der Waals surface area contributed by atoms with E-state index in [-0.39, 0.29) is 5.75 Å². The van der Waals surface area contributed by atoms with Gasteiger partial charge in [0.1, 0.15) is 11.9 Å². The lowest BCUT2D eigenvalue weighted by Gasteiger charge is -2.16. The highest BCUT2D eigenvalue weighted by Crippen LogP contribution is 2.29. The van der Waals surface area contributed by atoms with Crippen molar-refractivity contribution in [3.05, 3.63) is 58.9 Å². The van der Waals surface area contributed by atoms with Gasteiger partial charge in [0.15, 0.2) is 0 Å². The maximum Gasteiger partial charge on any atom is 0.573 e. The van der Waals surface area contributed by atoms with Crippen molar-refractivity contribution in [3.8, 4) is 5.75 Å². The summed E-state index contributed by atoms with van der Waals surface area (Å²) in [5.74, 6) is -0.364. The SMILES string of the molecule is Cc1ccc(C(O)c2cccc(OC(F)(F)F)c2)c(C)n1. The molecule has 1 aromatic carbocycles. The molecule has 0 bridgehead atoms. The van der Waals surface area contributed by atoms with Crippen LogP contribution in [0, 0.1) is 13.8 Å². The van der Waals surface area contributed by atoms with Crippen molar-refractivity contribution in [3.63, 3.8) is 0 Å². The number of ether oxygens (including phenoxy) is 1. The van der Waals surface area contributed by atoms with E-state index >= 15 is 0 Å². The number of halogens is 3. The van der Waals surface area contributed by atoms with Crippen LogP contribution in [0.4, 0.5) is 13.2 Å². The van der Waals surface area contributed by atoms with E-state index < -0.39 is 12.5 Å². The second-order valence-corrected chi connectivity index (χ2v) is 4.65. The Labute approximate surface area is 120 Å². The van der Waals surface area contributed by atoms with Crippen molar-refractivity contribution in [2.45, 2.75) is 26.3 Å². The number of aromatic nitrogens is 1. The third-order valence-electron chi connectivity index (χ3n) is 2.97. The number of pyridine rings is 1. The van der Waals surface area contributed by atoms with Gasteiger partial charge in [-0.3, -0.25) is 4.98 Å². The molecule has 1 atom stereocenters. The molecular weight excluding hydrogens is 283 g/mol. The molecule has 1 aromatic heterocycles. The lowest BCUT2D eigenvalue weighted by atomic mass is 10.00. The summed E-state index contributed by atoms with van der Waals surface area (Å²) < 4.78 is 40.5. The molecule has 6 heteroatoms. The molecule has 112 valence electrons. The average molecular weight is 297 g/mol. The van der Waals surface area contributed by atoms with Gasteiger partial charge in [-0.1, -0.05) is 18.2 Å². The topological polar surface area (TPSA) is 42.4 Å². The van der Waals surface area contributed by atoms with Gasteiger partial charge in [-0.15, -0.1) is 13.2 Å². The lowest BCUT2D eigenvalue weighted by Crippen LogP contribution is -2.17. The number of aliphatic hydroxyl groups excluding tert-OH is 1. The largest absolute Gasteiger partial charge is 0.573 e. The van der Waals surface area contributed by atoms with E-state index in [2.05, 4.69) is 9.72 Å². The molecule has 1 heterocycles. The number of rotatable bonds is 3. The maximum atomic E-state index is 12.2. The van der Waals surface area contributed by atoms with Gasteiger partial charge in [0.25, 0.3) is 0 Å². The number of aliphatic hydroxyl groups is 1. The molecule has 1 unspecified atom stereocenters. The molecule has 1 N–H and O–H groups in total. The first-order chi connectivity index (χ1) is 9.76. The summed E-state index contributed by atoms with van der Waals surface area (Å²) in [6, 6.07) is 8.73. The zero-order valence-corrected chi connectivity index (χ0v) is 11.5. The number of hydrogen-bond acceptors (Lipinski definition) is 3. The molecule has 0 saturated carbocycles. The van der Waals surface area contributed by atoms with Gasteiger partial charge in [0, 0.05) is 17.0 Å². The fraction of sp³-hybridized carbons (Fsp3) is 0.267. The van der Waals surface area contributed by atoms with Gasteiger partial charge < -0.3 is 9.84 Å². The summed E-state index contributed by atoms with van der Waals surface area (Å²) >= 11 is 0. The van der Waals surface area contributed by atoms with Crippen molar-refractivity contribution in [2.75, 3.05) is 0 Å². The van der Waals surface area contributed by atoms with Crippen LogP contribution in [0.1, 0.15) is 28.6 Å². The molecule has 0 aliphatic rings. The van der Waals surface area contributed by atoms with Crippen LogP contribution in [0.5, 0.6) is 5.75 Å². The summed E-state index contributed by atoms with van der Waals surface area (Å²) in [6.07, 6.45) is -5.82. The molecule has 0 spiro atoms. The molecule has 21 heavy (non-hydrogen) atoms. The van der Waals surface area contributed by atoms with Crippen LogP contribution in [0.2, 0.25) is 0 Å². The standard InChI is InChI=1S/C15H14F3NO2/c1-9-6-7-13(10(2)19-9)14(20)11-4-3-5-12(8-11)21-15(16,17)18/h3-8,14,20H,1-2H3. The Balaban J connectivity index is 2.31. The molecule has 0 saturated heterocycles. The van der Waals surface area contributed by atoms with E-state index in [4.69, 9.17) is 0 Å².